The van der Waals surface area contributed by atoms with Gasteiger partial charge in [-0.05, 0) is 48.0 Å². The van der Waals surface area contributed by atoms with Gasteiger partial charge in [-0.2, -0.15) is 0 Å². The van der Waals surface area contributed by atoms with Crippen molar-refractivity contribution >= 4 is 50.8 Å². The molecule has 1 aliphatic rings. The number of carbonyl (C=O) groups is 2. The number of benzene rings is 3. The highest BCUT2D eigenvalue weighted by atomic mass is 32.2. The molecule has 4 nitrogen and oxygen atoms in total. The van der Waals surface area contributed by atoms with E-state index in [1.807, 2.05) is 85.8 Å². The van der Waals surface area contributed by atoms with Crippen molar-refractivity contribution in [3.8, 4) is 0 Å². The van der Waals surface area contributed by atoms with Crippen LogP contribution in [0, 0.1) is 6.92 Å². The molecule has 0 unspecified atom stereocenters. The van der Waals surface area contributed by atoms with Crippen molar-refractivity contribution in [2.45, 2.75) is 13.5 Å². The highest BCUT2D eigenvalue weighted by molar-refractivity contribution is 8.18. The molecule has 1 aromatic heterocycles. The lowest BCUT2D eigenvalue weighted by Crippen LogP contribution is -2.27. The highest BCUT2D eigenvalue weighted by Crippen LogP contribution is 2.36. The molecule has 5 heteroatoms. The summed E-state index contributed by atoms with van der Waals surface area (Å²) in [6, 6.07) is 23.6. The zero-order chi connectivity index (χ0) is 20.7. The fraction of sp³-hybridized carbons (Fsp3) is 0.0800. The lowest BCUT2D eigenvalue weighted by atomic mass is 10.0. The van der Waals surface area contributed by atoms with Crippen molar-refractivity contribution in [3.63, 3.8) is 0 Å². The fourth-order valence-corrected chi connectivity index (χ4v) is 4.49. The Morgan fingerprint density at radius 2 is 1.47 bits per heavy atom. The first-order valence-corrected chi connectivity index (χ1v) is 10.5. The molecular weight excluding hydrogens is 392 g/mol. The number of thioether (sulfide) groups is 1. The maximum Gasteiger partial charge on any atom is 0.293 e. The summed E-state index contributed by atoms with van der Waals surface area (Å²) in [6.45, 7) is 2.29. The van der Waals surface area contributed by atoms with Crippen LogP contribution in [-0.4, -0.2) is 21.0 Å². The number of amides is 2. The molecule has 0 atom stereocenters. The monoisotopic (exact) mass is 410 g/mol. The minimum absolute atomic E-state index is 0.241. The molecule has 30 heavy (non-hydrogen) atoms. The summed E-state index contributed by atoms with van der Waals surface area (Å²) in [4.78, 5) is 32.1. The fourth-order valence-electron chi connectivity index (χ4n) is 3.67. The van der Waals surface area contributed by atoms with Crippen LogP contribution in [0.1, 0.15) is 16.7 Å². The van der Waals surface area contributed by atoms with Gasteiger partial charge in [0.25, 0.3) is 11.1 Å². The Balaban J connectivity index is 1.58. The number of carbonyl (C=O) groups excluding carboxylic acids is 2. The SMILES string of the molecule is Cc1ccc(CN2C(=O)SC(=Cc3c4ccccc4nc4ccccc34)C2=O)cc1. The smallest absolute Gasteiger partial charge is 0.268 e. The third-order valence-electron chi connectivity index (χ3n) is 5.24. The van der Waals surface area contributed by atoms with Crippen LogP contribution in [0.4, 0.5) is 4.79 Å². The first-order valence-electron chi connectivity index (χ1n) is 9.68. The van der Waals surface area contributed by atoms with E-state index in [-0.39, 0.29) is 17.7 Å². The summed E-state index contributed by atoms with van der Waals surface area (Å²) in [7, 11) is 0. The van der Waals surface area contributed by atoms with Crippen LogP contribution in [0.2, 0.25) is 0 Å². The number of nitrogens with zero attached hydrogens (tertiary/aromatic N) is 2. The zero-order valence-electron chi connectivity index (χ0n) is 16.3. The van der Waals surface area contributed by atoms with E-state index in [0.717, 1.165) is 50.3 Å². The van der Waals surface area contributed by atoms with Crippen molar-refractivity contribution in [2.24, 2.45) is 0 Å². The number of hydrogen-bond donors (Lipinski definition) is 0. The molecule has 0 spiro atoms. The first-order chi connectivity index (χ1) is 14.6. The van der Waals surface area contributed by atoms with Crippen molar-refractivity contribution in [1.82, 2.24) is 9.88 Å². The van der Waals surface area contributed by atoms with Gasteiger partial charge in [0.1, 0.15) is 0 Å². The van der Waals surface area contributed by atoms with Crippen LogP contribution < -0.4 is 0 Å². The molecule has 3 aromatic carbocycles. The standard InChI is InChI=1S/C25H18N2O2S/c1-16-10-12-17(13-11-16)15-27-24(28)23(30-25(27)29)14-20-18-6-2-4-8-21(18)26-22-9-5-3-7-19(20)22/h2-14H,15H2,1H3. The molecule has 0 N–H and O–H groups in total. The Morgan fingerprint density at radius 3 is 2.10 bits per heavy atom. The molecule has 0 saturated carbocycles. The van der Waals surface area contributed by atoms with Gasteiger partial charge in [-0.1, -0.05) is 66.2 Å². The Labute approximate surface area is 178 Å². The van der Waals surface area contributed by atoms with E-state index in [1.54, 1.807) is 0 Å². The summed E-state index contributed by atoms with van der Waals surface area (Å²) in [5, 5.41) is 1.68. The van der Waals surface area contributed by atoms with Crippen LogP contribution >= 0.6 is 11.8 Å². The molecule has 0 aliphatic carbocycles. The number of hydrogen-bond acceptors (Lipinski definition) is 4. The Morgan fingerprint density at radius 1 is 0.867 bits per heavy atom. The summed E-state index contributed by atoms with van der Waals surface area (Å²) in [6.07, 6.45) is 1.84. The van der Waals surface area contributed by atoms with E-state index in [2.05, 4.69) is 0 Å². The second-order valence-electron chi connectivity index (χ2n) is 7.31. The maximum atomic E-state index is 13.1. The van der Waals surface area contributed by atoms with Crippen molar-refractivity contribution in [3.05, 3.63) is 94.4 Å². The largest absolute Gasteiger partial charge is 0.293 e. The van der Waals surface area contributed by atoms with Gasteiger partial charge in [-0.3, -0.25) is 14.5 Å². The number of para-hydroxylation sites is 2. The number of fused-ring (bicyclic) bond motifs is 2. The van der Waals surface area contributed by atoms with Crippen molar-refractivity contribution < 1.29 is 9.59 Å². The van der Waals surface area contributed by atoms with Gasteiger partial charge >= 0.3 is 0 Å². The van der Waals surface area contributed by atoms with Crippen LogP contribution in [0.25, 0.3) is 27.9 Å². The normalized spacial score (nSPS) is 15.6. The minimum Gasteiger partial charge on any atom is -0.268 e. The lowest BCUT2D eigenvalue weighted by molar-refractivity contribution is -0.123. The molecule has 4 aromatic rings. The van der Waals surface area contributed by atoms with Crippen molar-refractivity contribution in [1.29, 1.82) is 0 Å². The molecular formula is C25H18N2O2S. The van der Waals surface area contributed by atoms with Gasteiger partial charge < -0.3 is 0 Å². The van der Waals surface area contributed by atoms with E-state index >= 15 is 0 Å². The van der Waals surface area contributed by atoms with Gasteiger partial charge in [-0.15, -0.1) is 0 Å². The van der Waals surface area contributed by atoms with Crippen LogP contribution in [-0.2, 0) is 11.3 Å². The Kier molecular flexibility index (Phi) is 4.60. The topological polar surface area (TPSA) is 50.3 Å². The molecule has 1 saturated heterocycles. The molecule has 146 valence electrons. The number of rotatable bonds is 3. The van der Waals surface area contributed by atoms with E-state index in [9.17, 15) is 9.59 Å². The van der Waals surface area contributed by atoms with Gasteiger partial charge in [0.15, 0.2) is 0 Å². The summed E-state index contributed by atoms with van der Waals surface area (Å²) in [5.74, 6) is -0.254. The number of aryl methyl sites for hydroxylation is 1. The second-order valence-corrected chi connectivity index (χ2v) is 8.31. The first kappa shape index (κ1) is 18.6. The average molecular weight is 410 g/mol. The molecule has 0 bridgehead atoms. The van der Waals surface area contributed by atoms with Gasteiger partial charge in [-0.25, -0.2) is 4.98 Å². The van der Waals surface area contributed by atoms with Crippen LogP contribution in [0.5, 0.6) is 0 Å². The lowest BCUT2D eigenvalue weighted by Gasteiger charge is -2.12. The summed E-state index contributed by atoms with van der Waals surface area (Å²) < 4.78 is 0. The third kappa shape index (κ3) is 3.27. The number of pyridine rings is 1. The predicted octanol–water partition coefficient (Wildman–Crippen LogP) is 5.93. The molecule has 5 rings (SSSR count). The molecule has 0 radical (unpaired) electrons. The summed E-state index contributed by atoms with van der Waals surface area (Å²) in [5.41, 5.74) is 4.72. The molecule has 1 fully saturated rings. The predicted molar refractivity (Wildman–Crippen MR) is 122 cm³/mol. The molecule has 2 heterocycles. The zero-order valence-corrected chi connectivity index (χ0v) is 17.1. The highest BCUT2D eigenvalue weighted by Gasteiger charge is 2.35. The van der Waals surface area contributed by atoms with E-state index in [0.29, 0.717) is 4.91 Å². The van der Waals surface area contributed by atoms with Crippen LogP contribution in [0.15, 0.2) is 77.7 Å². The average Bonchev–Trinajstić information content (AvgIpc) is 3.02. The van der Waals surface area contributed by atoms with Crippen molar-refractivity contribution in [2.75, 3.05) is 0 Å². The van der Waals surface area contributed by atoms with Gasteiger partial charge in [0.2, 0.25) is 0 Å². The van der Waals surface area contributed by atoms with Crippen LogP contribution in [0.3, 0.4) is 0 Å². The molecule has 2 amide bonds. The summed E-state index contributed by atoms with van der Waals surface area (Å²) >= 11 is 0.994. The third-order valence-corrected chi connectivity index (χ3v) is 6.15. The van der Waals surface area contributed by atoms with Gasteiger partial charge in [0.05, 0.1) is 22.5 Å². The maximum absolute atomic E-state index is 13.1. The van der Waals surface area contributed by atoms with E-state index < -0.39 is 0 Å². The quantitative estimate of drug-likeness (QED) is 0.310. The number of aromatic nitrogens is 1. The minimum atomic E-state index is -0.254. The Hall–Kier alpha value is -3.44. The van der Waals surface area contributed by atoms with Gasteiger partial charge in [0, 0.05) is 10.8 Å². The van der Waals surface area contributed by atoms with E-state index in [4.69, 9.17) is 4.98 Å². The second kappa shape index (κ2) is 7.43. The van der Waals surface area contributed by atoms with E-state index in [1.165, 1.54) is 4.90 Å². The number of imide groups is 1. The molecule has 1 aliphatic heterocycles. The Bertz CT molecular complexity index is 1290.